The third-order valence-corrected chi connectivity index (χ3v) is 5.54. The van der Waals surface area contributed by atoms with E-state index in [1.54, 1.807) is 50.4 Å². The fraction of sp³-hybridized carbons (Fsp3) is 0.320. The monoisotopic (exact) mass is 487 g/mol. The van der Waals surface area contributed by atoms with Crippen LogP contribution in [-0.2, 0) is 19.1 Å². The second-order valence-corrected chi connectivity index (χ2v) is 7.99. The van der Waals surface area contributed by atoms with E-state index in [9.17, 15) is 19.5 Å². The number of ketones is 1. The molecular formula is C25H26ClNO7. The molecule has 1 heterocycles. The van der Waals surface area contributed by atoms with Crippen LogP contribution in [-0.4, -0.2) is 54.5 Å². The van der Waals surface area contributed by atoms with E-state index >= 15 is 0 Å². The molecule has 0 spiro atoms. The van der Waals surface area contributed by atoms with Gasteiger partial charge in [0.2, 0.25) is 0 Å². The Labute approximate surface area is 202 Å². The Kier molecular flexibility index (Phi) is 8.31. The number of Topliss-reactive ketones (excluding diaryl/α,β-unsaturated/α-hetero) is 1. The Balaban J connectivity index is 2.15. The quantitative estimate of drug-likeness (QED) is 0.142. The fourth-order valence-corrected chi connectivity index (χ4v) is 3.99. The number of carbonyl (C=O) groups excluding carboxylic acids is 3. The van der Waals surface area contributed by atoms with Gasteiger partial charge in [-0.25, -0.2) is 0 Å². The van der Waals surface area contributed by atoms with Crippen LogP contribution in [0.2, 0.25) is 5.02 Å². The number of likely N-dealkylation sites (tertiary alicyclic amines) is 1. The number of aliphatic hydroxyl groups is 1. The Morgan fingerprint density at radius 2 is 1.94 bits per heavy atom. The molecule has 2 aromatic carbocycles. The molecule has 1 unspecified atom stereocenters. The number of amides is 1. The maximum absolute atomic E-state index is 13.1. The van der Waals surface area contributed by atoms with Crippen molar-refractivity contribution in [1.29, 1.82) is 0 Å². The summed E-state index contributed by atoms with van der Waals surface area (Å²) in [6.07, 6.45) is 0.485. The van der Waals surface area contributed by atoms with Gasteiger partial charge in [0.25, 0.3) is 11.7 Å². The number of aliphatic hydroxyl groups excluding tert-OH is 1. The highest BCUT2D eigenvalue weighted by atomic mass is 35.5. The molecule has 0 aliphatic carbocycles. The summed E-state index contributed by atoms with van der Waals surface area (Å²) in [5.41, 5.74) is 0.715. The first-order valence-corrected chi connectivity index (χ1v) is 11.1. The molecule has 1 aliphatic heterocycles. The highest BCUT2D eigenvalue weighted by molar-refractivity contribution is 6.46. The van der Waals surface area contributed by atoms with Crippen molar-refractivity contribution in [3.63, 3.8) is 0 Å². The lowest BCUT2D eigenvalue weighted by molar-refractivity contribution is -0.140. The number of nitrogens with zero attached hydrogens (tertiary/aromatic N) is 1. The number of ether oxygens (including phenoxy) is 3. The maximum Gasteiger partial charge on any atom is 0.308 e. The van der Waals surface area contributed by atoms with Crippen molar-refractivity contribution in [2.45, 2.75) is 26.3 Å². The van der Waals surface area contributed by atoms with Crippen LogP contribution in [0.4, 0.5) is 0 Å². The van der Waals surface area contributed by atoms with Crippen LogP contribution in [0, 0.1) is 0 Å². The largest absolute Gasteiger partial charge is 0.507 e. The van der Waals surface area contributed by atoms with E-state index in [2.05, 4.69) is 0 Å². The second-order valence-electron chi connectivity index (χ2n) is 7.58. The fourth-order valence-electron chi connectivity index (χ4n) is 3.82. The predicted octanol–water partition coefficient (Wildman–Crippen LogP) is 4.12. The van der Waals surface area contributed by atoms with Crippen LogP contribution in [0.15, 0.2) is 48.0 Å². The number of hydrogen-bond acceptors (Lipinski definition) is 7. The molecule has 1 saturated heterocycles. The molecule has 2 aromatic rings. The number of rotatable bonds is 9. The number of methoxy groups -OCH3 is 1. The van der Waals surface area contributed by atoms with Gasteiger partial charge in [-0.2, -0.15) is 0 Å². The predicted molar refractivity (Wildman–Crippen MR) is 126 cm³/mol. The zero-order valence-corrected chi connectivity index (χ0v) is 19.9. The van der Waals surface area contributed by atoms with Gasteiger partial charge in [0.05, 0.1) is 23.2 Å². The minimum absolute atomic E-state index is 0.0767. The molecule has 180 valence electrons. The van der Waals surface area contributed by atoms with Crippen molar-refractivity contribution in [3.05, 3.63) is 64.2 Å². The van der Waals surface area contributed by atoms with Crippen molar-refractivity contribution >= 4 is 35.0 Å². The molecule has 0 saturated carbocycles. The molecule has 1 N–H and O–H groups in total. The lowest BCUT2D eigenvalue weighted by Gasteiger charge is -2.25. The zero-order chi connectivity index (χ0) is 24.8. The SMILES string of the molecule is CCOc1cc(/C(O)=C2/C(=O)C(=O)N(CCCOC)C2c2cccc(OC(C)=O)c2)ccc1Cl. The molecule has 0 radical (unpaired) electrons. The Morgan fingerprint density at radius 1 is 1.18 bits per heavy atom. The van der Waals surface area contributed by atoms with E-state index in [4.69, 9.17) is 25.8 Å². The third-order valence-electron chi connectivity index (χ3n) is 5.23. The van der Waals surface area contributed by atoms with Crippen LogP contribution in [0.3, 0.4) is 0 Å². The molecule has 34 heavy (non-hydrogen) atoms. The molecule has 1 fully saturated rings. The summed E-state index contributed by atoms with van der Waals surface area (Å²) < 4.78 is 15.8. The average molecular weight is 488 g/mol. The lowest BCUT2D eigenvalue weighted by atomic mass is 9.95. The Morgan fingerprint density at radius 3 is 2.62 bits per heavy atom. The maximum atomic E-state index is 13.1. The molecule has 8 nitrogen and oxygen atoms in total. The summed E-state index contributed by atoms with van der Waals surface area (Å²) >= 11 is 6.16. The average Bonchev–Trinajstić information content (AvgIpc) is 3.05. The van der Waals surface area contributed by atoms with E-state index in [0.29, 0.717) is 36.0 Å². The van der Waals surface area contributed by atoms with Crippen molar-refractivity contribution in [2.75, 3.05) is 26.9 Å². The van der Waals surface area contributed by atoms with Crippen molar-refractivity contribution in [3.8, 4) is 11.5 Å². The molecule has 1 atom stereocenters. The van der Waals surface area contributed by atoms with Crippen LogP contribution < -0.4 is 9.47 Å². The summed E-state index contributed by atoms with van der Waals surface area (Å²) in [7, 11) is 1.55. The Bertz CT molecular complexity index is 1130. The highest BCUT2D eigenvalue weighted by Gasteiger charge is 2.46. The summed E-state index contributed by atoms with van der Waals surface area (Å²) in [6.45, 7) is 4.04. The molecule has 3 rings (SSSR count). The topological polar surface area (TPSA) is 102 Å². The minimum Gasteiger partial charge on any atom is -0.507 e. The summed E-state index contributed by atoms with van der Waals surface area (Å²) in [6, 6.07) is 10.2. The second kappa shape index (κ2) is 11.2. The van der Waals surface area contributed by atoms with Gasteiger partial charge in [0.15, 0.2) is 0 Å². The van der Waals surface area contributed by atoms with E-state index in [0.717, 1.165) is 0 Å². The van der Waals surface area contributed by atoms with Crippen molar-refractivity contribution in [1.82, 2.24) is 4.90 Å². The van der Waals surface area contributed by atoms with Crippen LogP contribution >= 0.6 is 11.6 Å². The van der Waals surface area contributed by atoms with Crippen LogP contribution in [0.1, 0.15) is 37.4 Å². The van der Waals surface area contributed by atoms with Gasteiger partial charge >= 0.3 is 5.97 Å². The van der Waals surface area contributed by atoms with E-state index in [1.165, 1.54) is 17.9 Å². The molecule has 0 bridgehead atoms. The smallest absolute Gasteiger partial charge is 0.308 e. The standard InChI is InChI=1S/C25H26ClNO7/c1-4-33-20-14-17(9-10-19(20)26)23(29)21-22(16-7-5-8-18(13-16)34-15(2)28)27(11-6-12-32-3)25(31)24(21)30/h5,7-10,13-14,22,29H,4,6,11-12H2,1-3H3/b23-21-. The van der Waals surface area contributed by atoms with E-state index in [-0.39, 0.29) is 29.2 Å². The van der Waals surface area contributed by atoms with Gasteiger partial charge in [-0.05, 0) is 49.2 Å². The number of benzene rings is 2. The first-order valence-electron chi connectivity index (χ1n) is 10.8. The number of esters is 1. The summed E-state index contributed by atoms with van der Waals surface area (Å²) in [5.74, 6) is -1.80. The van der Waals surface area contributed by atoms with Gasteiger partial charge in [0, 0.05) is 32.7 Å². The number of carbonyl (C=O) groups is 3. The summed E-state index contributed by atoms with van der Waals surface area (Å²) in [5, 5.41) is 11.6. The Hall–Kier alpha value is -3.36. The highest BCUT2D eigenvalue weighted by Crippen LogP contribution is 2.41. The van der Waals surface area contributed by atoms with E-state index < -0.39 is 23.7 Å². The van der Waals surface area contributed by atoms with Gasteiger partial charge in [0.1, 0.15) is 17.3 Å². The lowest BCUT2D eigenvalue weighted by Crippen LogP contribution is -2.31. The third kappa shape index (κ3) is 5.40. The molecule has 1 amide bonds. The van der Waals surface area contributed by atoms with E-state index in [1.807, 2.05) is 0 Å². The first kappa shape index (κ1) is 25.3. The van der Waals surface area contributed by atoms with Crippen LogP contribution in [0.5, 0.6) is 11.5 Å². The number of hydrogen-bond donors (Lipinski definition) is 1. The molecule has 9 heteroatoms. The first-order chi connectivity index (χ1) is 16.3. The summed E-state index contributed by atoms with van der Waals surface area (Å²) in [4.78, 5) is 38.9. The van der Waals surface area contributed by atoms with Gasteiger partial charge in [-0.3, -0.25) is 14.4 Å². The minimum atomic E-state index is -0.890. The van der Waals surface area contributed by atoms with Crippen LogP contribution in [0.25, 0.3) is 5.76 Å². The molecule has 1 aliphatic rings. The normalized spacial score (nSPS) is 17.2. The zero-order valence-electron chi connectivity index (χ0n) is 19.2. The van der Waals surface area contributed by atoms with Crippen molar-refractivity contribution in [2.24, 2.45) is 0 Å². The van der Waals surface area contributed by atoms with Gasteiger partial charge in [-0.15, -0.1) is 0 Å². The number of halogens is 1. The molecule has 0 aromatic heterocycles. The van der Waals surface area contributed by atoms with Crippen molar-refractivity contribution < 1.29 is 33.7 Å². The van der Waals surface area contributed by atoms with Gasteiger partial charge < -0.3 is 24.2 Å². The van der Waals surface area contributed by atoms with Gasteiger partial charge in [-0.1, -0.05) is 23.7 Å². The molecular weight excluding hydrogens is 462 g/mol.